The summed E-state index contributed by atoms with van der Waals surface area (Å²) >= 11 is 3.67. The van der Waals surface area contributed by atoms with E-state index >= 15 is 0 Å². The van der Waals surface area contributed by atoms with Crippen molar-refractivity contribution in [3.05, 3.63) is 0 Å². The monoisotopic (exact) mass is 795 g/mol. The molecule has 0 aliphatic rings. The summed E-state index contributed by atoms with van der Waals surface area (Å²) < 4.78 is 0. The van der Waals surface area contributed by atoms with Gasteiger partial charge in [0.15, 0.2) is 0 Å². The van der Waals surface area contributed by atoms with Crippen LogP contribution in [0.15, 0.2) is 0 Å². The molecule has 0 radical (unpaired) electrons. The maximum absolute atomic E-state index is 3.67. The van der Waals surface area contributed by atoms with Crippen molar-refractivity contribution >= 4 is 38.4 Å². The zero-order valence-corrected chi connectivity index (χ0v) is 36.5. The normalized spacial score (nSPS) is 16.4. The molecule has 0 aliphatic heterocycles. The van der Waals surface area contributed by atoms with Crippen LogP contribution >= 0.6 is 38.4 Å². The number of halogens is 1. The molecule has 0 aromatic rings. The van der Waals surface area contributed by atoms with Crippen LogP contribution in [0.3, 0.4) is 0 Å². The predicted octanol–water partition coefficient (Wildman–Crippen LogP) is 14.7. The molecule has 0 rings (SSSR count). The third-order valence-electron chi connectivity index (χ3n) is 10.2. The van der Waals surface area contributed by atoms with Crippen LogP contribution in [-0.2, 0) is 8.09 Å². The van der Waals surface area contributed by atoms with Crippen LogP contribution in [0, 0.1) is 0 Å². The summed E-state index contributed by atoms with van der Waals surface area (Å²) in [6.45, 7) is 22.7. The Morgan fingerprint density at radius 3 is 0.512 bits per heavy atom. The molecular weight excluding hydrogens is 711 g/mol. The zero-order chi connectivity index (χ0) is 31.1. The van der Waals surface area contributed by atoms with Gasteiger partial charge in [-0.3, -0.25) is 0 Å². The number of rotatable bonds is 30. The molecule has 0 saturated carbocycles. The molecule has 0 aromatic carbocycles. The second-order valence-corrected chi connectivity index (χ2v) is 59.3. The van der Waals surface area contributed by atoms with Gasteiger partial charge >= 0.3 is 280 Å². The number of unbranched alkanes of at least 4 members (excludes halogenated alkanes) is 9. The molecule has 0 unspecified atom stereocenters. The molecule has 0 bridgehead atoms. The molecule has 259 valence electrons. The van der Waals surface area contributed by atoms with Crippen molar-refractivity contribution in [2.24, 2.45) is 0 Å². The standard InChI is InChI=1S/3C12H27P.Co.HI/c3*1-4-7-10-13(11-8-5-2)12-9-6-3;;/h3*4-12H2,1-3H3;;1H/q;;;-2;/p+2. The third kappa shape index (κ3) is 12.6. The quantitative estimate of drug-likeness (QED) is 0.0502. The molecule has 0 nitrogen and oxygen atoms in total. The molecule has 0 heterocycles. The topological polar surface area (TPSA) is 0 Å². The Kier molecular flexibility index (Phi) is 27.2. The number of hydrogen-bond donors (Lipinski definition) is 0. The van der Waals surface area contributed by atoms with Gasteiger partial charge in [-0.25, -0.2) is 0 Å². The Labute approximate surface area is 277 Å². The number of hydrogen-bond acceptors (Lipinski definition) is 0. The summed E-state index contributed by atoms with van der Waals surface area (Å²) in [5.41, 5.74) is 0. The van der Waals surface area contributed by atoms with Crippen LogP contribution < -0.4 is 0 Å². The van der Waals surface area contributed by atoms with E-state index < -0.39 is 26.1 Å². The van der Waals surface area contributed by atoms with Gasteiger partial charge in [0.2, 0.25) is 0 Å². The Bertz CT molecular complexity index is 455. The van der Waals surface area contributed by atoms with E-state index in [9.17, 15) is 0 Å². The second-order valence-electron chi connectivity index (χ2n) is 13.7. The molecule has 0 N–H and O–H groups in total. The van der Waals surface area contributed by atoms with E-state index in [4.69, 9.17) is 0 Å². The summed E-state index contributed by atoms with van der Waals surface area (Å²) in [5, 5.41) is 0. The van der Waals surface area contributed by atoms with E-state index in [2.05, 4.69) is 82.7 Å². The molecular formula is C36H84CoIP3. The molecule has 0 atom stereocenters. The fourth-order valence-corrected chi connectivity index (χ4v) is 115. The van der Waals surface area contributed by atoms with Gasteiger partial charge in [0.25, 0.3) is 0 Å². The van der Waals surface area contributed by atoms with Crippen molar-refractivity contribution < 1.29 is 8.09 Å². The average molecular weight is 796 g/mol. The fraction of sp³-hybridized carbons (Fsp3) is 1.00. The van der Waals surface area contributed by atoms with Gasteiger partial charge in [-0.2, -0.15) is 0 Å². The van der Waals surface area contributed by atoms with E-state index in [0.29, 0.717) is 0 Å². The van der Waals surface area contributed by atoms with Crippen molar-refractivity contribution in [1.82, 2.24) is 0 Å². The summed E-state index contributed by atoms with van der Waals surface area (Å²) in [7, 11) is -1.04. The molecule has 0 spiro atoms. The summed E-state index contributed by atoms with van der Waals surface area (Å²) in [6, 6.07) is 0. The van der Waals surface area contributed by atoms with Crippen molar-refractivity contribution in [3.8, 4) is 0 Å². The van der Waals surface area contributed by atoms with E-state index in [1.54, 1.807) is 113 Å². The SMILES string of the molecule is CCCC[PH](CCCC)(CCCC)[Co]([I])([PH](CCCC)(CCCC)CCCC)[PH](CCCC)(CCCC)CCCC. The van der Waals surface area contributed by atoms with E-state index in [-0.39, 0.29) is 0 Å². The first-order valence-electron chi connectivity index (χ1n) is 19.2. The maximum atomic E-state index is 3.67. The first-order valence-corrected chi connectivity index (χ1v) is 34.6. The summed E-state index contributed by atoms with van der Waals surface area (Å²) in [6.07, 6.45) is 42.5. The molecule has 0 aromatic heterocycles. The van der Waals surface area contributed by atoms with E-state index in [0.717, 1.165) is 0 Å². The Balaban J connectivity index is 8.13. The molecule has 41 heavy (non-hydrogen) atoms. The minimum atomic E-state index is -1.46. The first-order chi connectivity index (χ1) is 19.8. The Morgan fingerprint density at radius 1 is 0.293 bits per heavy atom. The van der Waals surface area contributed by atoms with Crippen molar-refractivity contribution in [2.45, 2.75) is 178 Å². The minimum absolute atomic E-state index is 1.04. The molecule has 0 aliphatic carbocycles. The van der Waals surface area contributed by atoms with Crippen LogP contribution in [-0.4, -0.2) is 55.5 Å². The Hall–Kier alpha value is 2.53. The van der Waals surface area contributed by atoms with Crippen LogP contribution in [0.2, 0.25) is 0 Å². The van der Waals surface area contributed by atoms with Gasteiger partial charge in [-0.15, -0.1) is 0 Å². The van der Waals surface area contributed by atoms with Gasteiger partial charge in [0.05, 0.1) is 0 Å². The fourth-order valence-electron chi connectivity index (χ4n) is 7.65. The molecule has 0 amide bonds. The van der Waals surface area contributed by atoms with Crippen molar-refractivity contribution in [2.75, 3.05) is 55.5 Å². The molecule has 5 heteroatoms. The van der Waals surface area contributed by atoms with Gasteiger partial charge in [-0.05, 0) is 0 Å². The van der Waals surface area contributed by atoms with E-state index in [1.807, 2.05) is 0 Å². The zero-order valence-electron chi connectivity index (χ0n) is 30.3. The predicted molar refractivity (Wildman–Crippen MR) is 217 cm³/mol. The Morgan fingerprint density at radius 2 is 0.415 bits per heavy atom. The third-order valence-corrected chi connectivity index (χ3v) is 99.4. The van der Waals surface area contributed by atoms with Gasteiger partial charge in [0, 0.05) is 0 Å². The van der Waals surface area contributed by atoms with Crippen molar-refractivity contribution in [1.29, 1.82) is 0 Å². The van der Waals surface area contributed by atoms with Crippen LogP contribution in [0.25, 0.3) is 0 Å². The van der Waals surface area contributed by atoms with Gasteiger partial charge in [-0.1, -0.05) is 0 Å². The van der Waals surface area contributed by atoms with Crippen LogP contribution in [0.5, 0.6) is 0 Å². The van der Waals surface area contributed by atoms with Gasteiger partial charge < -0.3 is 0 Å². The van der Waals surface area contributed by atoms with Crippen LogP contribution in [0.4, 0.5) is 0 Å². The van der Waals surface area contributed by atoms with Crippen molar-refractivity contribution in [3.63, 3.8) is 0 Å². The van der Waals surface area contributed by atoms with Crippen LogP contribution in [0.1, 0.15) is 178 Å². The summed E-state index contributed by atoms with van der Waals surface area (Å²) in [5.74, 6) is -4.39. The van der Waals surface area contributed by atoms with Gasteiger partial charge in [0.1, 0.15) is 0 Å². The average Bonchev–Trinajstić information content (AvgIpc) is 3.00. The van der Waals surface area contributed by atoms with E-state index in [1.165, 1.54) is 57.8 Å². The second kappa shape index (κ2) is 25.6. The molecule has 0 fully saturated rings. The summed E-state index contributed by atoms with van der Waals surface area (Å²) in [4.78, 5) is 0. The first kappa shape index (κ1) is 43.5. The molecule has 0 saturated heterocycles.